The fraction of sp³-hybridized carbons (Fsp3) is 0.636. The van der Waals surface area contributed by atoms with Crippen molar-refractivity contribution < 1.29 is 14.7 Å². The molecular formula is C22H32N2O3. The van der Waals surface area contributed by atoms with Crippen molar-refractivity contribution in [2.75, 3.05) is 32.8 Å². The van der Waals surface area contributed by atoms with Gasteiger partial charge in [0.1, 0.15) is 0 Å². The summed E-state index contributed by atoms with van der Waals surface area (Å²) in [6, 6.07) is 7.99. The van der Waals surface area contributed by atoms with Gasteiger partial charge in [0.25, 0.3) is 5.91 Å². The summed E-state index contributed by atoms with van der Waals surface area (Å²) in [5.41, 5.74) is 2.15. The molecule has 1 aromatic rings. The van der Waals surface area contributed by atoms with Crippen molar-refractivity contribution in [2.24, 2.45) is 5.41 Å². The van der Waals surface area contributed by atoms with Crippen molar-refractivity contribution in [3.63, 3.8) is 0 Å². The van der Waals surface area contributed by atoms with Crippen LogP contribution >= 0.6 is 0 Å². The Bertz CT molecular complexity index is 661. The lowest BCUT2D eigenvalue weighted by Crippen LogP contribution is -2.52. The van der Waals surface area contributed by atoms with Gasteiger partial charge >= 0.3 is 0 Å². The number of benzene rings is 1. The highest BCUT2D eigenvalue weighted by molar-refractivity contribution is 5.94. The smallest absolute Gasteiger partial charge is 0.253 e. The highest BCUT2D eigenvalue weighted by Crippen LogP contribution is 2.40. The third kappa shape index (κ3) is 4.52. The SMILES string of the molecule is CC(C)c1ccc(C(=O)N2CCC3(CCC(=O)N(CCCO)C3)CC2)cc1. The Morgan fingerprint density at radius 3 is 2.41 bits per heavy atom. The van der Waals surface area contributed by atoms with Crippen molar-refractivity contribution in [3.05, 3.63) is 35.4 Å². The minimum atomic E-state index is 0.115. The highest BCUT2D eigenvalue weighted by atomic mass is 16.3. The predicted octanol–water partition coefficient (Wildman–Crippen LogP) is 3.04. The number of aliphatic hydroxyl groups is 1. The van der Waals surface area contributed by atoms with Crippen molar-refractivity contribution >= 4 is 11.8 Å². The fourth-order valence-corrected chi connectivity index (χ4v) is 4.35. The molecule has 3 rings (SSSR count). The minimum absolute atomic E-state index is 0.115. The van der Waals surface area contributed by atoms with Gasteiger partial charge in [-0.05, 0) is 54.7 Å². The molecule has 0 atom stereocenters. The summed E-state index contributed by atoms with van der Waals surface area (Å²) in [6.45, 7) is 7.35. The normalized spacial score (nSPS) is 19.8. The minimum Gasteiger partial charge on any atom is -0.396 e. The first-order valence-corrected chi connectivity index (χ1v) is 10.2. The molecule has 2 fully saturated rings. The molecule has 0 aromatic heterocycles. The molecule has 148 valence electrons. The average molecular weight is 373 g/mol. The molecule has 0 bridgehead atoms. The number of amides is 2. The molecule has 1 N–H and O–H groups in total. The molecule has 2 aliphatic heterocycles. The summed E-state index contributed by atoms with van der Waals surface area (Å²) in [6.07, 6.45) is 4.05. The van der Waals surface area contributed by atoms with E-state index in [9.17, 15) is 9.59 Å². The van der Waals surface area contributed by atoms with Gasteiger partial charge in [-0.25, -0.2) is 0 Å². The van der Waals surface area contributed by atoms with Gasteiger partial charge in [0.05, 0.1) is 0 Å². The van der Waals surface area contributed by atoms with Crippen LogP contribution in [-0.4, -0.2) is 59.5 Å². The molecular weight excluding hydrogens is 340 g/mol. The maximum Gasteiger partial charge on any atom is 0.253 e. The lowest BCUT2D eigenvalue weighted by atomic mass is 9.72. The van der Waals surface area contributed by atoms with E-state index in [4.69, 9.17) is 5.11 Å². The van der Waals surface area contributed by atoms with Gasteiger partial charge in [0.2, 0.25) is 5.91 Å². The van der Waals surface area contributed by atoms with E-state index in [2.05, 4.69) is 26.0 Å². The Kier molecular flexibility index (Phi) is 6.20. The van der Waals surface area contributed by atoms with Crippen LogP contribution in [0, 0.1) is 5.41 Å². The standard InChI is InChI=1S/C22H32N2O3/c1-17(2)18-4-6-19(7-5-18)21(27)23-13-10-22(11-14-23)9-8-20(26)24(16-22)12-3-15-25/h4-7,17,25H,3,8-16H2,1-2H3. The van der Waals surface area contributed by atoms with Crippen molar-refractivity contribution in [1.82, 2.24) is 9.80 Å². The van der Waals surface area contributed by atoms with E-state index >= 15 is 0 Å². The van der Waals surface area contributed by atoms with E-state index in [1.807, 2.05) is 21.9 Å². The van der Waals surface area contributed by atoms with Gasteiger partial charge in [0, 0.05) is 44.8 Å². The molecule has 0 unspecified atom stereocenters. The number of hydrogen-bond donors (Lipinski definition) is 1. The number of piperidine rings is 2. The van der Waals surface area contributed by atoms with E-state index in [-0.39, 0.29) is 23.8 Å². The summed E-state index contributed by atoms with van der Waals surface area (Å²) >= 11 is 0. The number of aliphatic hydroxyl groups excluding tert-OH is 1. The van der Waals surface area contributed by atoms with Crippen LogP contribution in [0.3, 0.4) is 0 Å². The number of carbonyl (C=O) groups excluding carboxylic acids is 2. The van der Waals surface area contributed by atoms with Gasteiger partial charge in [0.15, 0.2) is 0 Å². The molecule has 5 nitrogen and oxygen atoms in total. The van der Waals surface area contributed by atoms with Crippen LogP contribution in [0.4, 0.5) is 0 Å². The summed E-state index contributed by atoms with van der Waals surface area (Å²) in [5.74, 6) is 0.786. The van der Waals surface area contributed by atoms with E-state index in [1.165, 1.54) is 5.56 Å². The molecule has 0 saturated carbocycles. The maximum absolute atomic E-state index is 12.8. The predicted molar refractivity (Wildman–Crippen MR) is 106 cm³/mol. The molecule has 1 spiro atoms. The van der Waals surface area contributed by atoms with Gasteiger partial charge in [-0.1, -0.05) is 26.0 Å². The quantitative estimate of drug-likeness (QED) is 0.864. The zero-order chi connectivity index (χ0) is 19.4. The monoisotopic (exact) mass is 372 g/mol. The van der Waals surface area contributed by atoms with Crippen LogP contribution in [0.15, 0.2) is 24.3 Å². The third-order valence-electron chi connectivity index (χ3n) is 6.27. The van der Waals surface area contributed by atoms with Crippen molar-refractivity contribution in [2.45, 2.75) is 51.9 Å². The summed E-state index contributed by atoms with van der Waals surface area (Å²) < 4.78 is 0. The average Bonchev–Trinajstić information content (AvgIpc) is 2.69. The third-order valence-corrected chi connectivity index (χ3v) is 6.27. The Morgan fingerprint density at radius 2 is 1.81 bits per heavy atom. The zero-order valence-corrected chi connectivity index (χ0v) is 16.6. The Hall–Kier alpha value is -1.88. The molecule has 2 heterocycles. The number of likely N-dealkylation sites (tertiary alicyclic amines) is 2. The molecule has 27 heavy (non-hydrogen) atoms. The number of hydrogen-bond acceptors (Lipinski definition) is 3. The lowest BCUT2D eigenvalue weighted by molar-refractivity contribution is -0.139. The highest BCUT2D eigenvalue weighted by Gasteiger charge is 2.41. The van der Waals surface area contributed by atoms with Crippen LogP contribution in [0.2, 0.25) is 0 Å². The second-order valence-electron chi connectivity index (χ2n) is 8.46. The first kappa shape index (κ1) is 19.9. The Balaban J connectivity index is 1.59. The van der Waals surface area contributed by atoms with E-state index < -0.39 is 0 Å². The Morgan fingerprint density at radius 1 is 1.15 bits per heavy atom. The molecule has 2 saturated heterocycles. The topological polar surface area (TPSA) is 60.9 Å². The van der Waals surface area contributed by atoms with E-state index in [0.29, 0.717) is 25.3 Å². The van der Waals surface area contributed by atoms with Crippen molar-refractivity contribution in [3.8, 4) is 0 Å². The molecule has 2 amide bonds. The number of nitrogens with zero attached hydrogens (tertiary/aromatic N) is 2. The van der Waals surface area contributed by atoms with E-state index in [1.54, 1.807) is 0 Å². The molecule has 0 radical (unpaired) electrons. The van der Waals surface area contributed by atoms with Crippen LogP contribution in [0.1, 0.15) is 67.8 Å². The summed E-state index contributed by atoms with van der Waals surface area (Å²) in [4.78, 5) is 28.9. The molecule has 1 aromatic carbocycles. The van der Waals surface area contributed by atoms with Gasteiger partial charge in [-0.2, -0.15) is 0 Å². The van der Waals surface area contributed by atoms with Crippen LogP contribution in [0.25, 0.3) is 0 Å². The van der Waals surface area contributed by atoms with Gasteiger partial charge in [-0.3, -0.25) is 9.59 Å². The first-order valence-electron chi connectivity index (χ1n) is 10.2. The first-order chi connectivity index (χ1) is 12.9. The molecule has 2 aliphatic rings. The number of rotatable bonds is 5. The zero-order valence-electron chi connectivity index (χ0n) is 16.6. The largest absolute Gasteiger partial charge is 0.396 e. The van der Waals surface area contributed by atoms with Gasteiger partial charge < -0.3 is 14.9 Å². The molecule has 0 aliphatic carbocycles. The lowest BCUT2D eigenvalue weighted by Gasteiger charge is -2.47. The maximum atomic E-state index is 12.8. The summed E-state index contributed by atoms with van der Waals surface area (Å²) in [5, 5.41) is 9.05. The van der Waals surface area contributed by atoms with Crippen LogP contribution < -0.4 is 0 Å². The van der Waals surface area contributed by atoms with Crippen molar-refractivity contribution in [1.29, 1.82) is 0 Å². The van der Waals surface area contributed by atoms with Gasteiger partial charge in [-0.15, -0.1) is 0 Å². The second kappa shape index (κ2) is 8.42. The Labute approximate surface area is 162 Å². The number of carbonyl (C=O) groups is 2. The molecule has 5 heteroatoms. The summed E-state index contributed by atoms with van der Waals surface area (Å²) in [7, 11) is 0. The fourth-order valence-electron chi connectivity index (χ4n) is 4.35. The van der Waals surface area contributed by atoms with Crippen LogP contribution in [0.5, 0.6) is 0 Å². The van der Waals surface area contributed by atoms with E-state index in [0.717, 1.165) is 44.5 Å². The second-order valence-corrected chi connectivity index (χ2v) is 8.46. The van der Waals surface area contributed by atoms with Crippen LogP contribution in [-0.2, 0) is 4.79 Å².